The number of nitrogens with zero attached hydrogens (tertiary/aromatic N) is 1. The summed E-state index contributed by atoms with van der Waals surface area (Å²) in [5.41, 5.74) is 0.708. The average molecular weight is 392 g/mol. The van der Waals surface area contributed by atoms with Crippen molar-refractivity contribution >= 4 is 31.6 Å². The number of rotatable bonds is 4. The molecule has 0 saturated carbocycles. The Morgan fingerprint density at radius 3 is 2.81 bits per heavy atom. The van der Waals surface area contributed by atoms with Gasteiger partial charge in [0.15, 0.2) is 11.5 Å². The van der Waals surface area contributed by atoms with Gasteiger partial charge in [-0.25, -0.2) is 13.1 Å². The maximum Gasteiger partial charge on any atom is 0.307 e. The van der Waals surface area contributed by atoms with Crippen LogP contribution in [0.5, 0.6) is 11.5 Å². The first kappa shape index (κ1) is 17.1. The number of aromatic nitrogens is 1. The molecule has 0 saturated heterocycles. The molecule has 0 aliphatic carbocycles. The van der Waals surface area contributed by atoms with Gasteiger partial charge in [-0.1, -0.05) is 23.5 Å². The molecule has 0 spiro atoms. The number of hydrogen-bond acceptors (Lipinski definition) is 6. The Labute approximate surface area is 153 Å². The lowest BCUT2D eigenvalue weighted by Crippen LogP contribution is -2.40. The summed E-state index contributed by atoms with van der Waals surface area (Å²) < 4.78 is 41.2. The van der Waals surface area contributed by atoms with E-state index in [9.17, 15) is 13.2 Å². The average Bonchev–Trinajstić information content (AvgIpc) is 2.93. The Morgan fingerprint density at radius 2 is 2.00 bits per heavy atom. The second kappa shape index (κ2) is 6.42. The van der Waals surface area contributed by atoms with Crippen LogP contribution in [0.25, 0.3) is 10.2 Å². The lowest BCUT2D eigenvalue weighted by molar-refractivity contribution is 0.0943. The molecule has 1 atom stereocenters. The fourth-order valence-corrected chi connectivity index (χ4v) is 4.82. The van der Waals surface area contributed by atoms with E-state index in [-0.39, 0.29) is 22.9 Å². The molecule has 2 aromatic carbocycles. The molecular formula is C17H16N2O5S2. The molecule has 136 valence electrons. The second-order valence-electron chi connectivity index (χ2n) is 5.91. The van der Waals surface area contributed by atoms with E-state index in [1.54, 1.807) is 25.2 Å². The molecule has 1 aromatic heterocycles. The standard InChI is InChI=1S/C17H16N2O5S2/c1-19-13-7-6-12(8-16(13)25-17(19)20)26(21,22)18-9-11-10-23-14-4-2-3-5-15(14)24-11/h2-8,11,18H,9-10H2,1H3. The van der Waals surface area contributed by atoms with Crippen molar-refractivity contribution in [3.63, 3.8) is 0 Å². The summed E-state index contributed by atoms with van der Waals surface area (Å²) >= 11 is 1.02. The number of sulfonamides is 1. The fourth-order valence-electron chi connectivity index (χ4n) is 2.73. The Morgan fingerprint density at radius 1 is 1.23 bits per heavy atom. The number of ether oxygens (including phenoxy) is 2. The molecule has 0 bridgehead atoms. The highest BCUT2D eigenvalue weighted by molar-refractivity contribution is 7.89. The first-order valence-electron chi connectivity index (χ1n) is 7.92. The van der Waals surface area contributed by atoms with Crippen molar-refractivity contribution < 1.29 is 17.9 Å². The third-order valence-corrected chi connectivity index (χ3v) is 6.56. The summed E-state index contributed by atoms with van der Waals surface area (Å²) in [6, 6.07) is 11.9. The van der Waals surface area contributed by atoms with Gasteiger partial charge in [0.1, 0.15) is 12.7 Å². The van der Waals surface area contributed by atoms with Crippen LogP contribution in [0.15, 0.2) is 52.2 Å². The third-order valence-electron chi connectivity index (χ3n) is 4.14. The van der Waals surface area contributed by atoms with Gasteiger partial charge in [-0.2, -0.15) is 0 Å². The van der Waals surface area contributed by atoms with E-state index in [1.807, 2.05) is 12.1 Å². The molecule has 1 aliphatic heterocycles. The smallest absolute Gasteiger partial charge is 0.307 e. The first-order chi connectivity index (χ1) is 12.4. The van der Waals surface area contributed by atoms with Crippen molar-refractivity contribution in [3.8, 4) is 11.5 Å². The molecule has 9 heteroatoms. The van der Waals surface area contributed by atoms with Gasteiger partial charge in [0.25, 0.3) is 0 Å². The van der Waals surface area contributed by atoms with E-state index in [4.69, 9.17) is 9.47 Å². The molecule has 26 heavy (non-hydrogen) atoms. The maximum atomic E-state index is 12.6. The highest BCUT2D eigenvalue weighted by atomic mass is 32.2. The number of hydrogen-bond donors (Lipinski definition) is 1. The highest BCUT2D eigenvalue weighted by Gasteiger charge is 2.23. The van der Waals surface area contributed by atoms with E-state index in [2.05, 4.69) is 4.72 Å². The molecule has 1 aliphatic rings. The van der Waals surface area contributed by atoms with E-state index in [0.29, 0.717) is 21.7 Å². The summed E-state index contributed by atoms with van der Waals surface area (Å²) in [7, 11) is -2.06. The van der Waals surface area contributed by atoms with Gasteiger partial charge in [0.2, 0.25) is 10.0 Å². The SMILES string of the molecule is Cn1c(=O)sc2cc(S(=O)(=O)NCC3COc4ccccc4O3)ccc21. The zero-order chi connectivity index (χ0) is 18.3. The van der Waals surface area contributed by atoms with Gasteiger partial charge in [0.05, 0.1) is 21.7 Å². The van der Waals surface area contributed by atoms with Crippen LogP contribution in [0.4, 0.5) is 0 Å². The lowest BCUT2D eigenvalue weighted by Gasteiger charge is -2.26. The zero-order valence-electron chi connectivity index (χ0n) is 13.8. The minimum Gasteiger partial charge on any atom is -0.486 e. The largest absolute Gasteiger partial charge is 0.486 e. The van der Waals surface area contributed by atoms with Crippen molar-refractivity contribution in [1.82, 2.24) is 9.29 Å². The summed E-state index contributed by atoms with van der Waals surface area (Å²) in [6.07, 6.45) is -0.420. The minimum atomic E-state index is -3.72. The summed E-state index contributed by atoms with van der Waals surface area (Å²) in [4.78, 5) is 11.7. The number of benzene rings is 2. The van der Waals surface area contributed by atoms with Gasteiger partial charge in [-0.05, 0) is 30.3 Å². The summed E-state index contributed by atoms with van der Waals surface area (Å²) in [5, 5.41) is 0. The van der Waals surface area contributed by atoms with Crippen LogP contribution < -0.4 is 19.1 Å². The van der Waals surface area contributed by atoms with Gasteiger partial charge in [0, 0.05) is 7.05 Å². The Balaban J connectivity index is 1.50. The zero-order valence-corrected chi connectivity index (χ0v) is 15.5. The van der Waals surface area contributed by atoms with Gasteiger partial charge < -0.3 is 14.0 Å². The van der Waals surface area contributed by atoms with Crippen molar-refractivity contribution in [2.24, 2.45) is 7.05 Å². The molecule has 1 unspecified atom stereocenters. The van der Waals surface area contributed by atoms with Gasteiger partial charge in [-0.3, -0.25) is 4.79 Å². The monoisotopic (exact) mass is 392 g/mol. The molecule has 3 aromatic rings. The van der Waals surface area contributed by atoms with Crippen molar-refractivity contribution in [2.75, 3.05) is 13.2 Å². The number of thiazole rings is 1. The van der Waals surface area contributed by atoms with Crippen LogP contribution in [0.3, 0.4) is 0 Å². The quantitative estimate of drug-likeness (QED) is 0.731. The van der Waals surface area contributed by atoms with Crippen molar-refractivity contribution in [3.05, 3.63) is 52.1 Å². The predicted molar refractivity (Wildman–Crippen MR) is 98.6 cm³/mol. The summed E-state index contributed by atoms with van der Waals surface area (Å²) in [5.74, 6) is 1.24. The third kappa shape index (κ3) is 3.09. The summed E-state index contributed by atoms with van der Waals surface area (Å²) in [6.45, 7) is 0.346. The minimum absolute atomic E-state index is 0.0831. The molecule has 7 nitrogen and oxygen atoms in total. The van der Waals surface area contributed by atoms with E-state index in [1.165, 1.54) is 16.7 Å². The van der Waals surface area contributed by atoms with E-state index in [0.717, 1.165) is 11.3 Å². The van der Waals surface area contributed by atoms with Gasteiger partial charge >= 0.3 is 4.87 Å². The topological polar surface area (TPSA) is 86.6 Å². The predicted octanol–water partition coefficient (Wildman–Crippen LogP) is 1.72. The number of nitrogens with one attached hydrogen (secondary N) is 1. The first-order valence-corrected chi connectivity index (χ1v) is 10.2. The molecule has 0 radical (unpaired) electrons. The van der Waals surface area contributed by atoms with Crippen LogP contribution in [-0.4, -0.2) is 32.2 Å². The fraction of sp³-hybridized carbons (Fsp3) is 0.235. The van der Waals surface area contributed by atoms with Crippen molar-refractivity contribution in [1.29, 1.82) is 0 Å². The molecule has 2 heterocycles. The van der Waals surface area contributed by atoms with Crippen molar-refractivity contribution in [2.45, 2.75) is 11.0 Å². The molecule has 1 N–H and O–H groups in total. The van der Waals surface area contributed by atoms with Gasteiger partial charge in [-0.15, -0.1) is 0 Å². The van der Waals surface area contributed by atoms with Crippen LogP contribution in [-0.2, 0) is 17.1 Å². The normalized spacial score (nSPS) is 16.7. The molecule has 0 fully saturated rings. The molecule has 0 amide bonds. The van der Waals surface area contributed by atoms with Crippen LogP contribution in [0.2, 0.25) is 0 Å². The highest BCUT2D eigenvalue weighted by Crippen LogP contribution is 2.30. The number of para-hydroxylation sites is 2. The number of aryl methyl sites for hydroxylation is 1. The molecule has 4 rings (SSSR count). The van der Waals surface area contributed by atoms with Crippen LogP contribution >= 0.6 is 11.3 Å². The Hall–Kier alpha value is -2.36. The Kier molecular flexibility index (Phi) is 4.22. The second-order valence-corrected chi connectivity index (χ2v) is 8.67. The molecular weight excluding hydrogens is 376 g/mol. The maximum absolute atomic E-state index is 12.6. The van der Waals surface area contributed by atoms with Crippen LogP contribution in [0.1, 0.15) is 0 Å². The van der Waals surface area contributed by atoms with E-state index < -0.39 is 16.1 Å². The van der Waals surface area contributed by atoms with Crippen LogP contribution in [0, 0.1) is 0 Å². The van der Waals surface area contributed by atoms with E-state index >= 15 is 0 Å². The lowest BCUT2D eigenvalue weighted by atomic mass is 10.2. The Bertz CT molecular complexity index is 1130. The number of fused-ring (bicyclic) bond motifs is 2.